The van der Waals surface area contributed by atoms with E-state index in [1.54, 1.807) is 11.3 Å². The summed E-state index contributed by atoms with van der Waals surface area (Å²) < 4.78 is 1.88. The third kappa shape index (κ3) is 3.15. The molecule has 104 valence electrons. The van der Waals surface area contributed by atoms with Gasteiger partial charge in [0, 0.05) is 37.0 Å². The molecule has 0 radical (unpaired) electrons. The van der Waals surface area contributed by atoms with Gasteiger partial charge in [0.15, 0.2) is 5.13 Å². The van der Waals surface area contributed by atoms with Crippen molar-refractivity contribution in [2.75, 3.05) is 11.9 Å². The van der Waals surface area contributed by atoms with Gasteiger partial charge in [-0.1, -0.05) is 39.0 Å². The molecule has 0 amide bonds. The van der Waals surface area contributed by atoms with Crippen LogP contribution < -0.4 is 5.32 Å². The molecule has 4 nitrogen and oxygen atoms in total. The second-order valence-electron chi connectivity index (χ2n) is 5.77. The molecular weight excluding hydrogens is 256 g/mol. The Balaban J connectivity index is 2.34. The Hall–Kier alpha value is -1.36. The Kier molecular flexibility index (Phi) is 3.94. The molecule has 0 atom stereocenters. The van der Waals surface area contributed by atoms with Crippen LogP contribution in [0.15, 0.2) is 12.4 Å². The van der Waals surface area contributed by atoms with E-state index < -0.39 is 0 Å². The Bertz CT molecular complexity index is 548. The Morgan fingerprint density at radius 3 is 2.74 bits per heavy atom. The number of hydrogen-bond acceptors (Lipinski definition) is 4. The van der Waals surface area contributed by atoms with Crippen molar-refractivity contribution in [2.24, 2.45) is 7.05 Å². The lowest BCUT2D eigenvalue weighted by Gasteiger charge is -2.16. The molecule has 0 spiro atoms. The van der Waals surface area contributed by atoms with Crippen LogP contribution >= 0.6 is 11.3 Å². The topological polar surface area (TPSA) is 42.7 Å². The van der Waals surface area contributed by atoms with Gasteiger partial charge in [0.1, 0.15) is 0 Å². The van der Waals surface area contributed by atoms with E-state index in [2.05, 4.69) is 49.3 Å². The zero-order valence-electron chi connectivity index (χ0n) is 12.3. The van der Waals surface area contributed by atoms with Crippen LogP contribution in [0, 0.1) is 0 Å². The van der Waals surface area contributed by atoms with Gasteiger partial charge in [0.25, 0.3) is 0 Å². The molecule has 0 aliphatic heterocycles. The molecule has 2 aromatic rings. The molecule has 0 unspecified atom stereocenters. The zero-order valence-corrected chi connectivity index (χ0v) is 13.1. The van der Waals surface area contributed by atoms with Gasteiger partial charge in [-0.25, -0.2) is 4.98 Å². The third-order valence-corrected chi connectivity index (χ3v) is 3.82. The average molecular weight is 278 g/mol. The van der Waals surface area contributed by atoms with E-state index in [9.17, 15) is 0 Å². The monoisotopic (exact) mass is 278 g/mol. The second kappa shape index (κ2) is 5.33. The van der Waals surface area contributed by atoms with Crippen LogP contribution in [0.1, 0.15) is 39.8 Å². The highest BCUT2D eigenvalue weighted by Gasteiger charge is 2.23. The van der Waals surface area contributed by atoms with Crippen molar-refractivity contribution in [2.45, 2.75) is 39.5 Å². The molecule has 1 N–H and O–H groups in total. The molecule has 0 fully saturated rings. The van der Waals surface area contributed by atoms with E-state index in [0.29, 0.717) is 0 Å². The lowest BCUT2D eigenvalue weighted by Crippen LogP contribution is -2.13. The number of rotatable bonds is 4. The van der Waals surface area contributed by atoms with Crippen LogP contribution in [0.25, 0.3) is 10.4 Å². The summed E-state index contributed by atoms with van der Waals surface area (Å²) in [7, 11) is 1.97. The number of aromatic nitrogens is 3. The third-order valence-electron chi connectivity index (χ3n) is 2.84. The fourth-order valence-corrected chi connectivity index (χ4v) is 2.79. The predicted molar refractivity (Wildman–Crippen MR) is 81.8 cm³/mol. The van der Waals surface area contributed by atoms with E-state index in [1.165, 1.54) is 10.4 Å². The molecule has 0 saturated heterocycles. The van der Waals surface area contributed by atoms with Crippen molar-refractivity contribution < 1.29 is 0 Å². The van der Waals surface area contributed by atoms with Crippen LogP contribution in [0.2, 0.25) is 0 Å². The predicted octanol–water partition coefficient (Wildman–Crippen LogP) is 3.66. The van der Waals surface area contributed by atoms with Crippen LogP contribution in [-0.2, 0) is 12.5 Å². The summed E-state index contributed by atoms with van der Waals surface area (Å²) in [5.74, 6) is 0. The molecule has 2 aromatic heterocycles. The molecule has 5 heteroatoms. The second-order valence-corrected chi connectivity index (χ2v) is 6.80. The van der Waals surface area contributed by atoms with Crippen LogP contribution in [0.5, 0.6) is 0 Å². The Labute approximate surface area is 118 Å². The van der Waals surface area contributed by atoms with Gasteiger partial charge in [-0.15, -0.1) is 0 Å². The van der Waals surface area contributed by atoms with Gasteiger partial charge < -0.3 is 5.32 Å². The summed E-state index contributed by atoms with van der Waals surface area (Å²) in [5, 5.41) is 8.92. The summed E-state index contributed by atoms with van der Waals surface area (Å²) in [6.07, 6.45) is 5.13. The van der Waals surface area contributed by atoms with E-state index in [0.717, 1.165) is 23.8 Å². The fraction of sp³-hybridized carbons (Fsp3) is 0.571. The first-order chi connectivity index (χ1) is 8.91. The lowest BCUT2D eigenvalue weighted by molar-refractivity contribution is 0.554. The fourth-order valence-electron chi connectivity index (χ4n) is 1.94. The number of aryl methyl sites for hydroxylation is 1. The first-order valence-electron chi connectivity index (χ1n) is 6.66. The van der Waals surface area contributed by atoms with E-state index in [1.807, 2.05) is 17.9 Å². The van der Waals surface area contributed by atoms with Crippen molar-refractivity contribution in [3.63, 3.8) is 0 Å². The van der Waals surface area contributed by atoms with Gasteiger partial charge in [0.05, 0.1) is 10.6 Å². The maximum Gasteiger partial charge on any atom is 0.183 e. The van der Waals surface area contributed by atoms with Crippen molar-refractivity contribution in [1.82, 2.24) is 14.8 Å². The lowest BCUT2D eigenvalue weighted by atomic mass is 9.89. The number of hydrogen-bond donors (Lipinski definition) is 1. The summed E-state index contributed by atoms with van der Waals surface area (Å²) in [5.41, 5.74) is 2.36. The highest BCUT2D eigenvalue weighted by molar-refractivity contribution is 7.18. The molecular formula is C14H22N4S. The van der Waals surface area contributed by atoms with Gasteiger partial charge in [-0.2, -0.15) is 5.10 Å². The summed E-state index contributed by atoms with van der Waals surface area (Å²) in [6, 6.07) is 0. The molecule has 0 aliphatic rings. The SMILES string of the molecule is CCCNc1ncc(-c2cn(C)nc2C(C)(C)C)s1. The highest BCUT2D eigenvalue weighted by atomic mass is 32.1. The summed E-state index contributed by atoms with van der Waals surface area (Å²) >= 11 is 1.69. The largest absolute Gasteiger partial charge is 0.362 e. The van der Waals surface area contributed by atoms with Gasteiger partial charge in [-0.05, 0) is 6.42 Å². The quantitative estimate of drug-likeness (QED) is 0.928. The van der Waals surface area contributed by atoms with Gasteiger partial charge in [0.2, 0.25) is 0 Å². The summed E-state index contributed by atoms with van der Waals surface area (Å²) in [6.45, 7) is 9.69. The van der Waals surface area contributed by atoms with Crippen LogP contribution in [0.3, 0.4) is 0 Å². The zero-order chi connectivity index (χ0) is 14.0. The number of anilines is 1. The Morgan fingerprint density at radius 1 is 1.37 bits per heavy atom. The van der Waals surface area contributed by atoms with E-state index in [-0.39, 0.29) is 5.41 Å². The number of nitrogens with zero attached hydrogens (tertiary/aromatic N) is 3. The van der Waals surface area contributed by atoms with Gasteiger partial charge >= 0.3 is 0 Å². The highest BCUT2D eigenvalue weighted by Crippen LogP contribution is 2.35. The minimum atomic E-state index is 0.0393. The molecule has 0 aliphatic carbocycles. The van der Waals surface area contributed by atoms with Gasteiger partial charge in [-0.3, -0.25) is 4.68 Å². The first kappa shape index (κ1) is 14.1. The normalized spacial score (nSPS) is 11.8. The number of nitrogens with one attached hydrogen (secondary N) is 1. The van der Waals surface area contributed by atoms with Crippen LogP contribution in [0.4, 0.5) is 5.13 Å². The van der Waals surface area contributed by atoms with E-state index >= 15 is 0 Å². The molecule has 0 aromatic carbocycles. The molecule has 2 rings (SSSR count). The maximum atomic E-state index is 4.60. The average Bonchev–Trinajstić information content (AvgIpc) is 2.91. The molecule has 19 heavy (non-hydrogen) atoms. The van der Waals surface area contributed by atoms with Crippen LogP contribution in [-0.4, -0.2) is 21.3 Å². The van der Waals surface area contributed by atoms with Crippen molar-refractivity contribution in [3.05, 3.63) is 18.1 Å². The minimum absolute atomic E-state index is 0.0393. The minimum Gasteiger partial charge on any atom is -0.362 e. The molecule has 2 heterocycles. The van der Waals surface area contributed by atoms with Crippen molar-refractivity contribution >= 4 is 16.5 Å². The summed E-state index contributed by atoms with van der Waals surface area (Å²) in [4.78, 5) is 5.61. The smallest absolute Gasteiger partial charge is 0.183 e. The molecule has 0 bridgehead atoms. The van der Waals surface area contributed by atoms with Crippen molar-refractivity contribution in [1.29, 1.82) is 0 Å². The first-order valence-corrected chi connectivity index (χ1v) is 7.47. The number of thiazole rings is 1. The standard InChI is InChI=1S/C14H22N4S/c1-6-7-15-13-16-8-11(19-13)10-9-18(5)17-12(10)14(2,3)4/h8-9H,6-7H2,1-5H3,(H,15,16). The molecule has 0 saturated carbocycles. The van der Waals surface area contributed by atoms with E-state index in [4.69, 9.17) is 0 Å². The maximum absolute atomic E-state index is 4.60. The Morgan fingerprint density at radius 2 is 2.11 bits per heavy atom. The van der Waals surface area contributed by atoms with Crippen molar-refractivity contribution in [3.8, 4) is 10.4 Å².